The van der Waals surface area contributed by atoms with Crippen LogP contribution in [0, 0.1) is 6.92 Å². The fourth-order valence-electron chi connectivity index (χ4n) is 4.19. The van der Waals surface area contributed by atoms with E-state index in [2.05, 4.69) is 38.4 Å². The zero-order chi connectivity index (χ0) is 25.8. The Morgan fingerprint density at radius 2 is 1.70 bits per heavy atom. The van der Waals surface area contributed by atoms with E-state index in [0.29, 0.717) is 35.3 Å². The molecule has 0 aliphatic carbocycles. The minimum Gasteiger partial charge on any atom is -0.443 e. The highest BCUT2D eigenvalue weighted by molar-refractivity contribution is 5.95. The molecule has 0 bridgehead atoms. The SMILES string of the molecule is Cc1cccc(CN(C)C(=O)c2cc(-c3ncco3)nc(-c3nnc(C(C)Cc4ccccc4)o3)c2)c1. The quantitative estimate of drug-likeness (QED) is 0.273. The monoisotopic (exact) mass is 493 g/mol. The zero-order valence-corrected chi connectivity index (χ0v) is 21.0. The second-order valence-corrected chi connectivity index (χ2v) is 9.15. The fourth-order valence-corrected chi connectivity index (χ4v) is 4.19. The van der Waals surface area contributed by atoms with Gasteiger partial charge in [0.15, 0.2) is 0 Å². The summed E-state index contributed by atoms with van der Waals surface area (Å²) >= 11 is 0. The van der Waals surface area contributed by atoms with Crippen LogP contribution < -0.4 is 0 Å². The van der Waals surface area contributed by atoms with Crippen LogP contribution in [-0.2, 0) is 13.0 Å². The van der Waals surface area contributed by atoms with Crippen LogP contribution in [0.2, 0.25) is 0 Å². The average Bonchev–Trinajstić information content (AvgIpc) is 3.62. The Morgan fingerprint density at radius 3 is 2.43 bits per heavy atom. The Kier molecular flexibility index (Phi) is 6.89. The molecule has 0 fully saturated rings. The first-order valence-electron chi connectivity index (χ1n) is 12.1. The summed E-state index contributed by atoms with van der Waals surface area (Å²) in [6.45, 7) is 4.53. The van der Waals surface area contributed by atoms with Gasteiger partial charge in [0.1, 0.15) is 17.7 Å². The second kappa shape index (κ2) is 10.6. The van der Waals surface area contributed by atoms with E-state index in [-0.39, 0.29) is 17.7 Å². The summed E-state index contributed by atoms with van der Waals surface area (Å²) in [5.74, 6) is 0.884. The van der Waals surface area contributed by atoms with Crippen LogP contribution >= 0.6 is 0 Å². The van der Waals surface area contributed by atoms with Crippen molar-refractivity contribution in [3.63, 3.8) is 0 Å². The van der Waals surface area contributed by atoms with Gasteiger partial charge < -0.3 is 13.7 Å². The largest absolute Gasteiger partial charge is 0.443 e. The van der Waals surface area contributed by atoms with Gasteiger partial charge in [0.2, 0.25) is 11.8 Å². The molecule has 5 rings (SSSR count). The number of benzene rings is 2. The lowest BCUT2D eigenvalue weighted by Crippen LogP contribution is -2.26. The van der Waals surface area contributed by atoms with Crippen molar-refractivity contribution < 1.29 is 13.6 Å². The van der Waals surface area contributed by atoms with E-state index in [1.807, 2.05) is 50.2 Å². The van der Waals surface area contributed by atoms with Gasteiger partial charge in [0, 0.05) is 25.1 Å². The number of nitrogens with zero attached hydrogens (tertiary/aromatic N) is 5. The summed E-state index contributed by atoms with van der Waals surface area (Å²) in [6, 6.07) is 21.6. The number of aryl methyl sites for hydroxylation is 1. The lowest BCUT2D eigenvalue weighted by atomic mass is 10.0. The Balaban J connectivity index is 1.44. The van der Waals surface area contributed by atoms with Gasteiger partial charge in [-0.3, -0.25) is 4.79 Å². The van der Waals surface area contributed by atoms with Gasteiger partial charge in [0.25, 0.3) is 11.8 Å². The van der Waals surface area contributed by atoms with Gasteiger partial charge in [-0.2, -0.15) is 0 Å². The van der Waals surface area contributed by atoms with E-state index < -0.39 is 0 Å². The van der Waals surface area contributed by atoms with Crippen molar-refractivity contribution in [1.29, 1.82) is 0 Å². The maximum atomic E-state index is 13.4. The molecule has 1 atom stereocenters. The molecule has 8 nitrogen and oxygen atoms in total. The highest BCUT2D eigenvalue weighted by Gasteiger charge is 2.21. The van der Waals surface area contributed by atoms with Gasteiger partial charge in [-0.15, -0.1) is 10.2 Å². The van der Waals surface area contributed by atoms with Gasteiger partial charge in [-0.25, -0.2) is 9.97 Å². The van der Waals surface area contributed by atoms with Crippen molar-refractivity contribution in [3.8, 4) is 23.2 Å². The summed E-state index contributed by atoms with van der Waals surface area (Å²) in [4.78, 5) is 23.9. The lowest BCUT2D eigenvalue weighted by molar-refractivity contribution is 0.0785. The van der Waals surface area contributed by atoms with Crippen LogP contribution in [0.4, 0.5) is 0 Å². The number of oxazole rings is 1. The number of hydrogen-bond donors (Lipinski definition) is 0. The number of amides is 1. The normalized spacial score (nSPS) is 11.9. The molecule has 186 valence electrons. The first-order chi connectivity index (χ1) is 18.0. The molecule has 0 saturated heterocycles. The van der Waals surface area contributed by atoms with Crippen LogP contribution in [0.5, 0.6) is 0 Å². The van der Waals surface area contributed by atoms with Crippen LogP contribution in [0.3, 0.4) is 0 Å². The molecule has 0 saturated carbocycles. The van der Waals surface area contributed by atoms with Crippen molar-refractivity contribution in [2.45, 2.75) is 32.7 Å². The van der Waals surface area contributed by atoms with Crippen LogP contribution in [-0.4, -0.2) is 38.0 Å². The van der Waals surface area contributed by atoms with Crippen LogP contribution in [0.15, 0.2) is 88.0 Å². The van der Waals surface area contributed by atoms with Crippen LogP contribution in [0.25, 0.3) is 23.2 Å². The topological polar surface area (TPSA) is 98.2 Å². The summed E-state index contributed by atoms with van der Waals surface area (Å²) in [7, 11) is 1.77. The Labute approximate surface area is 215 Å². The number of carbonyl (C=O) groups is 1. The van der Waals surface area contributed by atoms with Crippen molar-refractivity contribution in [2.75, 3.05) is 7.05 Å². The van der Waals surface area contributed by atoms with E-state index in [0.717, 1.165) is 17.5 Å². The fraction of sp³-hybridized carbons (Fsp3) is 0.207. The lowest BCUT2D eigenvalue weighted by Gasteiger charge is -2.18. The molecule has 5 aromatic rings. The molecule has 3 heterocycles. The molecule has 0 radical (unpaired) electrons. The molecule has 0 aliphatic heterocycles. The Morgan fingerprint density at radius 1 is 0.946 bits per heavy atom. The predicted molar refractivity (Wildman–Crippen MR) is 139 cm³/mol. The predicted octanol–water partition coefficient (Wildman–Crippen LogP) is 5.71. The number of rotatable bonds is 8. The third-order valence-electron chi connectivity index (χ3n) is 6.04. The van der Waals surface area contributed by atoms with Crippen molar-refractivity contribution in [2.24, 2.45) is 0 Å². The van der Waals surface area contributed by atoms with Crippen molar-refractivity contribution >= 4 is 5.91 Å². The van der Waals surface area contributed by atoms with E-state index >= 15 is 0 Å². The summed E-state index contributed by atoms with van der Waals surface area (Å²) in [5.41, 5.74) is 4.59. The Bertz CT molecular complexity index is 1500. The number of aromatic nitrogens is 4. The van der Waals surface area contributed by atoms with Crippen LogP contribution in [0.1, 0.15) is 45.8 Å². The summed E-state index contributed by atoms with van der Waals surface area (Å²) in [5, 5.41) is 8.50. The van der Waals surface area contributed by atoms with E-state index in [1.54, 1.807) is 24.1 Å². The number of pyridine rings is 1. The molecular weight excluding hydrogens is 466 g/mol. The molecule has 1 unspecified atom stereocenters. The molecule has 8 heteroatoms. The maximum Gasteiger partial charge on any atom is 0.266 e. The van der Waals surface area contributed by atoms with Gasteiger partial charge in [-0.05, 0) is 36.6 Å². The van der Waals surface area contributed by atoms with Crippen molar-refractivity contribution in [3.05, 3.63) is 107 Å². The van der Waals surface area contributed by atoms with Crippen molar-refractivity contribution in [1.82, 2.24) is 25.1 Å². The Hall–Kier alpha value is -4.59. The molecular formula is C29H27N5O3. The van der Waals surface area contributed by atoms with E-state index in [9.17, 15) is 4.79 Å². The van der Waals surface area contributed by atoms with Gasteiger partial charge in [0.05, 0.1) is 6.20 Å². The maximum absolute atomic E-state index is 13.4. The average molecular weight is 494 g/mol. The standard InChI is InChI=1S/C29H27N5O3/c1-19-8-7-11-22(14-19)18-34(3)29(35)23-16-24(27-30-12-13-36-27)31-25(17-23)28-33-32-26(37-28)20(2)15-21-9-5-4-6-10-21/h4-14,16-17,20H,15,18H2,1-3H3. The van der Waals surface area contributed by atoms with Gasteiger partial charge in [-0.1, -0.05) is 67.1 Å². The molecule has 2 aromatic carbocycles. The molecule has 37 heavy (non-hydrogen) atoms. The smallest absolute Gasteiger partial charge is 0.266 e. The zero-order valence-electron chi connectivity index (χ0n) is 21.0. The molecule has 1 amide bonds. The minimum absolute atomic E-state index is 0.0140. The second-order valence-electron chi connectivity index (χ2n) is 9.15. The molecule has 0 aliphatic rings. The molecule has 0 N–H and O–H groups in total. The van der Waals surface area contributed by atoms with E-state index in [1.165, 1.54) is 18.0 Å². The highest BCUT2D eigenvalue weighted by Crippen LogP contribution is 2.27. The van der Waals surface area contributed by atoms with Gasteiger partial charge >= 0.3 is 0 Å². The summed E-state index contributed by atoms with van der Waals surface area (Å²) in [6.07, 6.45) is 3.76. The highest BCUT2D eigenvalue weighted by atomic mass is 16.4. The minimum atomic E-state index is -0.171. The molecule has 3 aromatic heterocycles. The summed E-state index contributed by atoms with van der Waals surface area (Å²) < 4.78 is 11.5. The first kappa shape index (κ1) is 24.1. The van der Waals surface area contributed by atoms with E-state index in [4.69, 9.17) is 8.83 Å². The third-order valence-corrected chi connectivity index (χ3v) is 6.04. The molecule has 0 spiro atoms. The number of hydrogen-bond acceptors (Lipinski definition) is 7. The number of carbonyl (C=O) groups excluding carboxylic acids is 1. The third kappa shape index (κ3) is 5.64. The first-order valence-corrected chi connectivity index (χ1v) is 12.1.